The Morgan fingerprint density at radius 2 is 1.80 bits per heavy atom. The zero-order valence-electron chi connectivity index (χ0n) is 2.20. The van der Waals surface area contributed by atoms with Crippen molar-refractivity contribution in [3.8, 4) is 0 Å². The molecule has 1 atom stereocenters. The van der Waals surface area contributed by atoms with Gasteiger partial charge in [-0.3, -0.25) is 0 Å². The molecule has 0 aromatic carbocycles. The van der Waals surface area contributed by atoms with Gasteiger partial charge in [-0.05, 0) is 4.57 Å². The van der Waals surface area contributed by atoms with E-state index in [9.17, 15) is 0 Å². The summed E-state index contributed by atoms with van der Waals surface area (Å²) in [4.78, 5) is 7.34. The number of nitrogens with two attached hydrogens (primary N) is 1. The van der Waals surface area contributed by atoms with Gasteiger partial charge in [0.15, 0.2) is 0 Å². The summed E-state index contributed by atoms with van der Waals surface area (Å²) >= 11 is 0. The molecule has 0 fully saturated rings. The third-order valence-electron chi connectivity index (χ3n) is 0. The molecule has 5 heteroatoms. The summed E-state index contributed by atoms with van der Waals surface area (Å²) in [6, 6.07) is 0. The minimum atomic E-state index is -2.37. The summed E-state index contributed by atoms with van der Waals surface area (Å²) in [6.45, 7) is 0. The van der Waals surface area contributed by atoms with E-state index in [1.807, 2.05) is 0 Å². The first-order valence-electron chi connectivity index (χ1n) is 0.641. The van der Waals surface area contributed by atoms with Crippen LogP contribution in [0.1, 0.15) is 0 Å². The summed E-state index contributed by atoms with van der Waals surface area (Å²) in [5.74, 6) is 0. The topological polar surface area (TPSA) is 63.3 Å². The molecule has 0 radical (unpaired) electrons. The second kappa shape index (κ2) is 4.68. The second-order valence-corrected chi connectivity index (χ2v) is 0.908. The first kappa shape index (κ1) is 9.19. The standard InChI is InChI=1S/H2NO2P.Pd/c1-4(2)3;/h(H2-,1,2,3);/p+1. The van der Waals surface area contributed by atoms with E-state index < -0.39 is 8.18 Å². The van der Waals surface area contributed by atoms with Gasteiger partial charge in [0.2, 0.25) is 0 Å². The van der Waals surface area contributed by atoms with Crippen LogP contribution in [0.3, 0.4) is 0 Å². The molecular formula is H3NO2PPd+. The van der Waals surface area contributed by atoms with Crippen molar-refractivity contribution in [1.82, 2.24) is 0 Å². The molecule has 3 nitrogen and oxygen atoms in total. The number of hydrogen-bond donors (Lipinski definition) is 2. The Kier molecular flexibility index (Phi) is 8.60. The zero-order chi connectivity index (χ0) is 3.58. The molecule has 3 N–H and O–H groups in total. The van der Waals surface area contributed by atoms with Gasteiger partial charge in [-0.15, -0.1) is 4.89 Å². The van der Waals surface area contributed by atoms with E-state index >= 15 is 0 Å². The van der Waals surface area contributed by atoms with E-state index in [0.717, 1.165) is 0 Å². The van der Waals surface area contributed by atoms with Gasteiger partial charge in [-0.2, -0.15) is 0 Å². The minimum absolute atomic E-state index is 0. The fourth-order valence-electron chi connectivity index (χ4n) is 0. The fraction of sp³-hybridized carbons (Fsp3) is 0. The van der Waals surface area contributed by atoms with Crippen LogP contribution in [0.5, 0.6) is 0 Å². The third kappa shape index (κ3) is 72.4. The van der Waals surface area contributed by atoms with Crippen LogP contribution in [0.15, 0.2) is 0 Å². The molecule has 0 rings (SSSR count). The molecule has 5 heavy (non-hydrogen) atoms. The summed E-state index contributed by atoms with van der Waals surface area (Å²) in [5, 5.41) is 0. The minimum Gasteiger partial charge on any atom is -0.144 e. The van der Waals surface area contributed by atoms with Crippen molar-refractivity contribution < 1.29 is 29.9 Å². The maximum absolute atomic E-state index is 8.93. The number of rotatable bonds is 0. The molecule has 0 aliphatic rings. The molecule has 0 spiro atoms. The predicted octanol–water partition coefficient (Wildman–Crippen LogP) is -0.408. The average Bonchev–Trinajstić information content (AvgIpc) is 0.811. The van der Waals surface area contributed by atoms with E-state index in [1.54, 1.807) is 0 Å². The third-order valence-corrected chi connectivity index (χ3v) is 0. The van der Waals surface area contributed by atoms with Crippen molar-refractivity contribution in [3.63, 3.8) is 0 Å². The molecule has 0 amide bonds. The molecular weight excluding hydrogens is 183 g/mol. The van der Waals surface area contributed by atoms with Crippen LogP contribution in [-0.2, 0) is 25.0 Å². The maximum Gasteiger partial charge on any atom is 0.607 e. The molecule has 0 aromatic rings. The van der Waals surface area contributed by atoms with Crippen LogP contribution in [0.4, 0.5) is 0 Å². The van der Waals surface area contributed by atoms with E-state index in [-0.39, 0.29) is 20.4 Å². The Balaban J connectivity index is 0. The van der Waals surface area contributed by atoms with E-state index in [0.29, 0.717) is 0 Å². The van der Waals surface area contributed by atoms with Gasteiger partial charge in [-0.25, -0.2) is 0 Å². The summed E-state index contributed by atoms with van der Waals surface area (Å²) in [7, 11) is -2.37. The van der Waals surface area contributed by atoms with Gasteiger partial charge in [0, 0.05) is 20.4 Å². The van der Waals surface area contributed by atoms with Crippen molar-refractivity contribution in [3.05, 3.63) is 0 Å². The van der Waals surface area contributed by atoms with Crippen molar-refractivity contribution in [2.75, 3.05) is 0 Å². The van der Waals surface area contributed by atoms with Gasteiger partial charge < -0.3 is 0 Å². The van der Waals surface area contributed by atoms with Crippen molar-refractivity contribution in [1.29, 1.82) is 0 Å². The van der Waals surface area contributed by atoms with Gasteiger partial charge in [0.1, 0.15) is 0 Å². The molecule has 0 saturated carbocycles. The van der Waals surface area contributed by atoms with Crippen LogP contribution in [0.2, 0.25) is 0 Å². The van der Waals surface area contributed by atoms with E-state index in [2.05, 4.69) is 5.50 Å². The van der Waals surface area contributed by atoms with Crippen LogP contribution >= 0.6 is 8.18 Å². The van der Waals surface area contributed by atoms with Crippen molar-refractivity contribution in [2.45, 2.75) is 0 Å². The first-order valence-corrected chi connectivity index (χ1v) is 1.92. The fourth-order valence-corrected chi connectivity index (χ4v) is 0. The van der Waals surface area contributed by atoms with Crippen LogP contribution in [0.25, 0.3) is 0 Å². The molecule has 34 valence electrons. The smallest absolute Gasteiger partial charge is 0.144 e. The first-order chi connectivity index (χ1) is 1.73. The SMILES string of the molecule is N[P+](=O)O.[Pd]. The summed E-state index contributed by atoms with van der Waals surface area (Å²) in [6.07, 6.45) is 0. The molecule has 0 aromatic heterocycles. The van der Waals surface area contributed by atoms with E-state index in [1.165, 1.54) is 0 Å². The maximum atomic E-state index is 8.93. The Hall–Kier alpha value is 0.682. The quantitative estimate of drug-likeness (QED) is 0.399. The Morgan fingerprint density at radius 1 is 1.80 bits per heavy atom. The van der Waals surface area contributed by atoms with Crippen LogP contribution in [-0.4, -0.2) is 4.89 Å². The zero-order valence-corrected chi connectivity index (χ0v) is 4.65. The Morgan fingerprint density at radius 3 is 1.80 bits per heavy atom. The Bertz CT molecular complexity index is 32.6. The monoisotopic (exact) mass is 186 g/mol. The van der Waals surface area contributed by atoms with Crippen LogP contribution < -0.4 is 5.50 Å². The second-order valence-electron chi connectivity index (χ2n) is 0.303. The summed E-state index contributed by atoms with van der Waals surface area (Å²) < 4.78 is 8.93. The molecule has 1 unspecified atom stereocenters. The van der Waals surface area contributed by atoms with E-state index in [4.69, 9.17) is 9.46 Å². The molecule has 0 aliphatic carbocycles. The normalized spacial score (nSPS) is 8.80. The molecule has 0 aliphatic heterocycles. The average molecular weight is 186 g/mol. The van der Waals surface area contributed by atoms with Crippen molar-refractivity contribution >= 4 is 8.18 Å². The van der Waals surface area contributed by atoms with Gasteiger partial charge >= 0.3 is 8.18 Å². The largest absolute Gasteiger partial charge is 0.607 e. The predicted molar refractivity (Wildman–Crippen MR) is 14.0 cm³/mol. The van der Waals surface area contributed by atoms with Crippen LogP contribution in [0, 0.1) is 0 Å². The van der Waals surface area contributed by atoms with Crippen molar-refractivity contribution in [2.24, 2.45) is 5.50 Å². The van der Waals surface area contributed by atoms with Gasteiger partial charge in [0.05, 0.1) is 0 Å². The molecule has 0 bridgehead atoms. The molecule has 0 heterocycles. The molecule has 0 saturated heterocycles. The Labute approximate surface area is 44.1 Å². The summed E-state index contributed by atoms with van der Waals surface area (Å²) in [5.41, 5.74) is 4.18. The van der Waals surface area contributed by atoms with Gasteiger partial charge in [-0.1, -0.05) is 5.50 Å². The van der Waals surface area contributed by atoms with Gasteiger partial charge in [0.25, 0.3) is 0 Å². The number of hydrogen-bond acceptors (Lipinski definition) is 1.